The number of aryl methyl sites for hydroxylation is 1. The quantitative estimate of drug-likeness (QED) is 0.836. The van der Waals surface area contributed by atoms with Gasteiger partial charge in [-0.05, 0) is 50.6 Å². The minimum absolute atomic E-state index is 0.0443. The Morgan fingerprint density at radius 1 is 0.885 bits per heavy atom. The van der Waals surface area contributed by atoms with E-state index < -0.39 is 17.6 Å². The summed E-state index contributed by atoms with van der Waals surface area (Å²) >= 11 is 0. The Bertz CT molecular complexity index is 863. The molecule has 5 nitrogen and oxygen atoms in total. The summed E-state index contributed by atoms with van der Waals surface area (Å²) in [5.74, 6) is -1.71. The molecule has 5 heteroatoms. The number of carbonyl (C=O) groups excluding carboxylic acids is 2. The Kier molecular flexibility index (Phi) is 4.80. The highest BCUT2D eigenvalue weighted by atomic mass is 16.3. The summed E-state index contributed by atoms with van der Waals surface area (Å²) in [7, 11) is 0. The van der Waals surface area contributed by atoms with Gasteiger partial charge in [0.2, 0.25) is 0 Å². The number of nitrogens with zero attached hydrogens (tertiary/aromatic N) is 2. The minimum Gasteiger partial charge on any atom is -0.502 e. The third-order valence-corrected chi connectivity index (χ3v) is 4.64. The van der Waals surface area contributed by atoms with E-state index in [1.54, 1.807) is 24.3 Å². The van der Waals surface area contributed by atoms with Crippen molar-refractivity contribution in [3.8, 4) is 0 Å². The zero-order valence-electron chi connectivity index (χ0n) is 15.2. The molecule has 0 fully saturated rings. The zero-order chi connectivity index (χ0) is 18.8. The standard InChI is InChI=1S/C21H22N2O3/c1-4-22(5-2)16-10-12-17(13-11-16)23-20(25)18(19(24)21(23)26)15-8-6-14(3)7-9-15/h6-13,24H,4-5H2,1-3H3. The number of hydrogen-bond acceptors (Lipinski definition) is 4. The Morgan fingerprint density at radius 2 is 1.46 bits per heavy atom. The molecule has 2 aromatic carbocycles. The lowest BCUT2D eigenvalue weighted by molar-refractivity contribution is -0.121. The first-order chi connectivity index (χ1) is 12.5. The fourth-order valence-electron chi connectivity index (χ4n) is 3.13. The van der Waals surface area contributed by atoms with Crippen LogP contribution in [0, 0.1) is 6.92 Å². The summed E-state index contributed by atoms with van der Waals surface area (Å²) in [6.07, 6.45) is 0. The largest absolute Gasteiger partial charge is 0.502 e. The van der Waals surface area contributed by atoms with Crippen LogP contribution >= 0.6 is 0 Å². The third kappa shape index (κ3) is 2.96. The van der Waals surface area contributed by atoms with Crippen LogP contribution in [-0.4, -0.2) is 30.0 Å². The molecule has 1 aliphatic heterocycles. The van der Waals surface area contributed by atoms with Crippen molar-refractivity contribution in [2.45, 2.75) is 20.8 Å². The van der Waals surface area contributed by atoms with E-state index >= 15 is 0 Å². The molecule has 2 aromatic rings. The van der Waals surface area contributed by atoms with Gasteiger partial charge in [-0.25, -0.2) is 4.90 Å². The Hall–Kier alpha value is -3.08. The van der Waals surface area contributed by atoms with Gasteiger partial charge in [0.05, 0.1) is 11.3 Å². The number of imide groups is 1. The number of benzene rings is 2. The predicted molar refractivity (Wildman–Crippen MR) is 103 cm³/mol. The average molecular weight is 350 g/mol. The SMILES string of the molecule is CCN(CC)c1ccc(N2C(=O)C(O)=C(c3ccc(C)cc3)C2=O)cc1. The molecular formula is C21H22N2O3. The fourth-order valence-corrected chi connectivity index (χ4v) is 3.13. The molecule has 1 aliphatic rings. The van der Waals surface area contributed by atoms with Gasteiger partial charge in [-0.15, -0.1) is 0 Å². The Labute approximate surface area is 153 Å². The van der Waals surface area contributed by atoms with Gasteiger partial charge in [-0.2, -0.15) is 0 Å². The van der Waals surface area contributed by atoms with Gasteiger partial charge >= 0.3 is 5.91 Å². The molecule has 0 spiro atoms. The summed E-state index contributed by atoms with van der Waals surface area (Å²) < 4.78 is 0. The number of hydrogen-bond donors (Lipinski definition) is 1. The lowest BCUT2D eigenvalue weighted by atomic mass is 10.0. The average Bonchev–Trinajstić information content (AvgIpc) is 2.87. The van der Waals surface area contributed by atoms with Crippen LogP contribution in [0.15, 0.2) is 54.3 Å². The summed E-state index contributed by atoms with van der Waals surface area (Å²) in [6.45, 7) is 7.82. The maximum absolute atomic E-state index is 12.8. The number of anilines is 2. The van der Waals surface area contributed by atoms with Gasteiger partial charge in [0, 0.05) is 18.8 Å². The number of aliphatic hydroxyl groups is 1. The van der Waals surface area contributed by atoms with E-state index in [0.717, 1.165) is 29.2 Å². The van der Waals surface area contributed by atoms with Crippen molar-refractivity contribution in [1.82, 2.24) is 0 Å². The van der Waals surface area contributed by atoms with Crippen LogP contribution < -0.4 is 9.80 Å². The first-order valence-corrected chi connectivity index (χ1v) is 8.72. The molecule has 0 atom stereocenters. The molecule has 1 N–H and O–H groups in total. The van der Waals surface area contributed by atoms with Gasteiger partial charge in [0.1, 0.15) is 0 Å². The van der Waals surface area contributed by atoms with Crippen LogP contribution in [0.3, 0.4) is 0 Å². The first-order valence-electron chi connectivity index (χ1n) is 8.72. The van der Waals surface area contributed by atoms with E-state index in [2.05, 4.69) is 18.7 Å². The lowest BCUT2D eigenvalue weighted by Gasteiger charge is -2.22. The Morgan fingerprint density at radius 3 is 2.00 bits per heavy atom. The van der Waals surface area contributed by atoms with Crippen LogP contribution in [-0.2, 0) is 9.59 Å². The molecule has 26 heavy (non-hydrogen) atoms. The highest BCUT2D eigenvalue weighted by Gasteiger charge is 2.40. The fraction of sp³-hybridized carbons (Fsp3) is 0.238. The van der Waals surface area contributed by atoms with E-state index in [9.17, 15) is 14.7 Å². The van der Waals surface area contributed by atoms with Gasteiger partial charge in [-0.1, -0.05) is 29.8 Å². The van der Waals surface area contributed by atoms with Gasteiger partial charge in [0.25, 0.3) is 5.91 Å². The Balaban J connectivity index is 1.92. The highest BCUT2D eigenvalue weighted by Crippen LogP contribution is 2.32. The lowest BCUT2D eigenvalue weighted by Crippen LogP contribution is -2.31. The van der Waals surface area contributed by atoms with Crippen LogP contribution in [0.2, 0.25) is 0 Å². The number of amides is 2. The molecule has 2 amide bonds. The van der Waals surface area contributed by atoms with Crippen molar-refractivity contribution in [3.63, 3.8) is 0 Å². The molecule has 0 radical (unpaired) electrons. The molecule has 3 rings (SSSR count). The molecule has 0 aromatic heterocycles. The van der Waals surface area contributed by atoms with Gasteiger partial charge < -0.3 is 10.0 Å². The molecule has 0 bridgehead atoms. The molecule has 0 aliphatic carbocycles. The molecule has 0 saturated heterocycles. The van der Waals surface area contributed by atoms with Crippen molar-refractivity contribution in [3.05, 3.63) is 65.4 Å². The van der Waals surface area contributed by atoms with E-state index in [0.29, 0.717) is 11.3 Å². The second kappa shape index (κ2) is 7.04. The molecule has 1 heterocycles. The zero-order valence-corrected chi connectivity index (χ0v) is 15.2. The van der Waals surface area contributed by atoms with Crippen molar-refractivity contribution in [2.75, 3.05) is 22.9 Å². The maximum Gasteiger partial charge on any atom is 0.301 e. The summed E-state index contributed by atoms with van der Waals surface area (Å²) in [4.78, 5) is 28.5. The second-order valence-electron chi connectivity index (χ2n) is 6.22. The van der Waals surface area contributed by atoms with Crippen LogP contribution in [0.4, 0.5) is 11.4 Å². The van der Waals surface area contributed by atoms with Crippen LogP contribution in [0.5, 0.6) is 0 Å². The number of aliphatic hydroxyl groups excluding tert-OH is 1. The van der Waals surface area contributed by atoms with Gasteiger partial charge in [0.15, 0.2) is 5.76 Å². The summed E-state index contributed by atoms with van der Waals surface area (Å²) in [5.41, 5.74) is 3.09. The molecule has 0 saturated carbocycles. The monoisotopic (exact) mass is 350 g/mol. The smallest absolute Gasteiger partial charge is 0.301 e. The topological polar surface area (TPSA) is 60.9 Å². The third-order valence-electron chi connectivity index (χ3n) is 4.64. The summed E-state index contributed by atoms with van der Waals surface area (Å²) in [6, 6.07) is 14.4. The van der Waals surface area contributed by atoms with Gasteiger partial charge in [-0.3, -0.25) is 9.59 Å². The molecule has 0 unspecified atom stereocenters. The number of carbonyl (C=O) groups is 2. The normalized spacial score (nSPS) is 14.3. The second-order valence-corrected chi connectivity index (χ2v) is 6.22. The van der Waals surface area contributed by atoms with Crippen molar-refractivity contribution in [2.24, 2.45) is 0 Å². The minimum atomic E-state index is -0.693. The van der Waals surface area contributed by atoms with E-state index in [1.165, 1.54) is 0 Å². The maximum atomic E-state index is 12.8. The molecular weight excluding hydrogens is 328 g/mol. The van der Waals surface area contributed by atoms with Crippen molar-refractivity contribution in [1.29, 1.82) is 0 Å². The molecule has 134 valence electrons. The first kappa shape index (κ1) is 17.7. The van der Waals surface area contributed by atoms with E-state index in [-0.39, 0.29) is 5.57 Å². The van der Waals surface area contributed by atoms with E-state index in [1.807, 2.05) is 31.2 Å². The van der Waals surface area contributed by atoms with E-state index in [4.69, 9.17) is 0 Å². The van der Waals surface area contributed by atoms with Crippen molar-refractivity contribution >= 4 is 28.8 Å². The van der Waals surface area contributed by atoms with Crippen LogP contribution in [0.1, 0.15) is 25.0 Å². The number of rotatable bonds is 5. The van der Waals surface area contributed by atoms with Crippen molar-refractivity contribution < 1.29 is 14.7 Å². The highest BCUT2D eigenvalue weighted by molar-refractivity contribution is 6.44. The van der Waals surface area contributed by atoms with Crippen LogP contribution in [0.25, 0.3) is 5.57 Å². The summed E-state index contributed by atoms with van der Waals surface area (Å²) in [5, 5.41) is 10.3. The predicted octanol–water partition coefficient (Wildman–Crippen LogP) is 3.68.